The lowest BCUT2D eigenvalue weighted by Gasteiger charge is -2.31. The van der Waals surface area contributed by atoms with Crippen LogP contribution in [0.1, 0.15) is 39.7 Å². The summed E-state index contributed by atoms with van der Waals surface area (Å²) in [6.07, 6.45) is -0.856. The summed E-state index contributed by atoms with van der Waals surface area (Å²) >= 11 is 0. The standard InChI is InChI=1S/C18H25NO4/c1-5-22-16(20)10-15-17(21)19(12-18(2,3)4)14-9-7-6-8-13(14)11-23-15/h6-9,15H,5,10-12H2,1-4H3. The maximum atomic E-state index is 12.9. The molecule has 0 spiro atoms. The van der Waals surface area contributed by atoms with E-state index in [9.17, 15) is 9.59 Å². The van der Waals surface area contributed by atoms with Gasteiger partial charge in [-0.15, -0.1) is 0 Å². The van der Waals surface area contributed by atoms with Gasteiger partial charge in [0.15, 0.2) is 0 Å². The van der Waals surface area contributed by atoms with Crippen LogP contribution in [-0.4, -0.2) is 31.1 Å². The van der Waals surface area contributed by atoms with E-state index in [0.717, 1.165) is 11.3 Å². The molecule has 0 bridgehead atoms. The van der Waals surface area contributed by atoms with E-state index in [-0.39, 0.29) is 17.7 Å². The molecule has 5 nitrogen and oxygen atoms in total. The molecule has 0 fully saturated rings. The van der Waals surface area contributed by atoms with Gasteiger partial charge in [-0.3, -0.25) is 9.59 Å². The third-order valence-corrected chi connectivity index (χ3v) is 3.55. The number of hydrogen-bond donors (Lipinski definition) is 0. The highest BCUT2D eigenvalue weighted by molar-refractivity contribution is 5.99. The number of benzene rings is 1. The first-order chi connectivity index (χ1) is 10.8. The average Bonchev–Trinajstić information content (AvgIpc) is 2.59. The van der Waals surface area contributed by atoms with E-state index in [1.165, 1.54) is 0 Å². The Bertz CT molecular complexity index is 577. The normalized spacial score (nSPS) is 18.3. The number of nitrogens with zero attached hydrogens (tertiary/aromatic N) is 1. The highest BCUT2D eigenvalue weighted by atomic mass is 16.5. The highest BCUT2D eigenvalue weighted by Gasteiger charge is 2.34. The van der Waals surface area contributed by atoms with Crippen LogP contribution in [-0.2, 0) is 25.7 Å². The number of fused-ring (bicyclic) bond motifs is 1. The van der Waals surface area contributed by atoms with Crippen molar-refractivity contribution in [2.75, 3.05) is 18.1 Å². The molecule has 0 aliphatic carbocycles. The number of carbonyl (C=O) groups excluding carboxylic acids is 2. The molecule has 1 aliphatic rings. The van der Waals surface area contributed by atoms with Crippen molar-refractivity contribution in [3.8, 4) is 0 Å². The second-order valence-corrected chi connectivity index (χ2v) is 6.92. The largest absolute Gasteiger partial charge is 0.466 e. The van der Waals surface area contributed by atoms with Gasteiger partial charge in [0.2, 0.25) is 0 Å². The smallest absolute Gasteiger partial charge is 0.308 e. The summed E-state index contributed by atoms with van der Waals surface area (Å²) in [6.45, 7) is 9.15. The summed E-state index contributed by atoms with van der Waals surface area (Å²) in [5.74, 6) is -0.592. The third-order valence-electron chi connectivity index (χ3n) is 3.55. The van der Waals surface area contributed by atoms with Gasteiger partial charge in [0, 0.05) is 17.8 Å². The Balaban J connectivity index is 2.29. The van der Waals surface area contributed by atoms with Gasteiger partial charge in [0.05, 0.1) is 19.6 Å². The number of rotatable bonds is 4. The van der Waals surface area contributed by atoms with E-state index in [0.29, 0.717) is 19.8 Å². The lowest BCUT2D eigenvalue weighted by atomic mass is 9.95. The zero-order valence-corrected chi connectivity index (χ0v) is 14.3. The van der Waals surface area contributed by atoms with Crippen LogP contribution in [0, 0.1) is 5.41 Å². The van der Waals surface area contributed by atoms with Crippen LogP contribution in [0.25, 0.3) is 0 Å². The topological polar surface area (TPSA) is 55.8 Å². The summed E-state index contributed by atoms with van der Waals surface area (Å²) in [6, 6.07) is 7.71. The molecular weight excluding hydrogens is 294 g/mol. The van der Waals surface area contributed by atoms with E-state index in [1.807, 2.05) is 24.3 Å². The van der Waals surface area contributed by atoms with Crippen molar-refractivity contribution in [1.82, 2.24) is 0 Å². The van der Waals surface area contributed by atoms with Crippen LogP contribution in [0.5, 0.6) is 0 Å². The van der Waals surface area contributed by atoms with E-state index in [1.54, 1.807) is 11.8 Å². The molecule has 23 heavy (non-hydrogen) atoms. The lowest BCUT2D eigenvalue weighted by molar-refractivity contribution is -0.150. The molecule has 0 aromatic heterocycles. The Morgan fingerprint density at radius 3 is 2.70 bits per heavy atom. The molecule has 5 heteroatoms. The Morgan fingerprint density at radius 1 is 1.35 bits per heavy atom. The van der Waals surface area contributed by atoms with E-state index < -0.39 is 12.1 Å². The van der Waals surface area contributed by atoms with Gasteiger partial charge in [-0.2, -0.15) is 0 Å². The summed E-state index contributed by atoms with van der Waals surface area (Å²) < 4.78 is 10.7. The predicted octanol–water partition coefficient (Wildman–Crippen LogP) is 2.92. The monoisotopic (exact) mass is 319 g/mol. The molecule has 1 aliphatic heterocycles. The molecular formula is C18H25NO4. The first-order valence-corrected chi connectivity index (χ1v) is 7.98. The van der Waals surface area contributed by atoms with Crippen LogP contribution in [0.3, 0.4) is 0 Å². The maximum absolute atomic E-state index is 12.9. The first kappa shape index (κ1) is 17.5. The maximum Gasteiger partial charge on any atom is 0.308 e. The fraction of sp³-hybridized carbons (Fsp3) is 0.556. The van der Waals surface area contributed by atoms with Crippen molar-refractivity contribution in [3.05, 3.63) is 29.8 Å². The van der Waals surface area contributed by atoms with Gasteiger partial charge in [-0.05, 0) is 18.4 Å². The van der Waals surface area contributed by atoms with Gasteiger partial charge < -0.3 is 14.4 Å². The molecule has 0 saturated carbocycles. The van der Waals surface area contributed by atoms with Crippen LogP contribution < -0.4 is 4.90 Å². The van der Waals surface area contributed by atoms with Crippen molar-refractivity contribution in [2.45, 2.75) is 46.8 Å². The number of carbonyl (C=O) groups is 2. The van der Waals surface area contributed by atoms with Crippen LogP contribution in [0.15, 0.2) is 24.3 Å². The van der Waals surface area contributed by atoms with Crippen LogP contribution >= 0.6 is 0 Å². The van der Waals surface area contributed by atoms with Gasteiger partial charge >= 0.3 is 5.97 Å². The number of para-hydroxylation sites is 1. The highest BCUT2D eigenvalue weighted by Crippen LogP contribution is 2.30. The third kappa shape index (κ3) is 4.55. The number of anilines is 1. The minimum Gasteiger partial charge on any atom is -0.466 e. The zero-order valence-electron chi connectivity index (χ0n) is 14.3. The van der Waals surface area contributed by atoms with Gasteiger partial charge in [0.25, 0.3) is 5.91 Å². The van der Waals surface area contributed by atoms with Crippen molar-refractivity contribution < 1.29 is 19.1 Å². The van der Waals surface area contributed by atoms with Crippen molar-refractivity contribution in [3.63, 3.8) is 0 Å². The summed E-state index contributed by atoms with van der Waals surface area (Å²) in [4.78, 5) is 26.4. The lowest BCUT2D eigenvalue weighted by Crippen LogP contribution is -2.44. The summed E-state index contributed by atoms with van der Waals surface area (Å²) in [5, 5.41) is 0. The molecule has 1 aromatic rings. The molecule has 1 amide bonds. The van der Waals surface area contributed by atoms with Gasteiger partial charge in [0.1, 0.15) is 6.10 Å². The van der Waals surface area contributed by atoms with Crippen molar-refractivity contribution >= 4 is 17.6 Å². The molecule has 1 atom stereocenters. The number of amides is 1. The molecule has 2 rings (SSSR count). The first-order valence-electron chi connectivity index (χ1n) is 7.98. The Kier molecular flexibility index (Phi) is 5.42. The second-order valence-electron chi connectivity index (χ2n) is 6.92. The number of esters is 1. The fourth-order valence-corrected chi connectivity index (χ4v) is 2.61. The Hall–Kier alpha value is -1.88. The van der Waals surface area contributed by atoms with Crippen LogP contribution in [0.4, 0.5) is 5.69 Å². The second kappa shape index (κ2) is 7.13. The molecule has 0 radical (unpaired) electrons. The molecule has 1 heterocycles. The predicted molar refractivity (Wildman–Crippen MR) is 88.1 cm³/mol. The van der Waals surface area contributed by atoms with E-state index in [4.69, 9.17) is 9.47 Å². The van der Waals surface area contributed by atoms with Gasteiger partial charge in [-0.1, -0.05) is 39.0 Å². The SMILES string of the molecule is CCOC(=O)CC1OCc2ccccc2N(CC(C)(C)C)C1=O. The van der Waals surface area contributed by atoms with Gasteiger partial charge in [-0.25, -0.2) is 0 Å². The molecule has 126 valence electrons. The van der Waals surface area contributed by atoms with Crippen LogP contribution in [0.2, 0.25) is 0 Å². The Labute approximate surface area is 137 Å². The minimum atomic E-state index is -0.802. The molecule has 0 N–H and O–H groups in total. The average molecular weight is 319 g/mol. The molecule has 1 unspecified atom stereocenters. The minimum absolute atomic E-state index is 0.0543. The molecule has 1 aromatic carbocycles. The summed E-state index contributed by atoms with van der Waals surface area (Å²) in [7, 11) is 0. The van der Waals surface area contributed by atoms with Crippen molar-refractivity contribution in [1.29, 1.82) is 0 Å². The quantitative estimate of drug-likeness (QED) is 0.801. The Morgan fingerprint density at radius 2 is 2.04 bits per heavy atom. The fourth-order valence-electron chi connectivity index (χ4n) is 2.61. The number of ether oxygens (including phenoxy) is 2. The zero-order chi connectivity index (χ0) is 17.0. The van der Waals surface area contributed by atoms with E-state index >= 15 is 0 Å². The molecule has 0 saturated heterocycles. The summed E-state index contributed by atoms with van der Waals surface area (Å²) in [5.41, 5.74) is 1.75. The van der Waals surface area contributed by atoms with E-state index in [2.05, 4.69) is 20.8 Å². The number of hydrogen-bond acceptors (Lipinski definition) is 4. The van der Waals surface area contributed by atoms with Crippen molar-refractivity contribution in [2.24, 2.45) is 5.41 Å².